The molecule has 2 rings (SSSR count). The molecule has 2 heterocycles. The van der Waals surface area contributed by atoms with Crippen molar-refractivity contribution in [2.45, 2.75) is 18.9 Å². The number of nitrogens with one attached hydrogen (secondary N) is 1. The highest BCUT2D eigenvalue weighted by atomic mass is 32.2. The highest BCUT2D eigenvalue weighted by molar-refractivity contribution is 7.99. The minimum atomic E-state index is 0.250. The van der Waals surface area contributed by atoms with E-state index in [-0.39, 0.29) is 5.91 Å². The van der Waals surface area contributed by atoms with Gasteiger partial charge in [-0.15, -0.1) is 0 Å². The summed E-state index contributed by atoms with van der Waals surface area (Å²) >= 11 is 2.06. The molecule has 4 nitrogen and oxygen atoms in total. The molecule has 0 unspecified atom stereocenters. The van der Waals surface area contributed by atoms with Crippen LogP contribution in [0.4, 0.5) is 0 Å². The third kappa shape index (κ3) is 3.60. The van der Waals surface area contributed by atoms with E-state index in [0.717, 1.165) is 32.0 Å². The van der Waals surface area contributed by atoms with Crippen molar-refractivity contribution in [3.05, 3.63) is 0 Å². The maximum atomic E-state index is 11.7. The minimum Gasteiger partial charge on any atom is -0.341 e. The molecule has 2 aliphatic rings. The monoisotopic (exact) mass is 257 g/mol. The van der Waals surface area contributed by atoms with Gasteiger partial charge in [0.2, 0.25) is 5.91 Å². The maximum absolute atomic E-state index is 11.7. The summed E-state index contributed by atoms with van der Waals surface area (Å²) in [6.07, 6.45) is 2.31. The van der Waals surface area contributed by atoms with Gasteiger partial charge in [-0.1, -0.05) is 0 Å². The van der Waals surface area contributed by atoms with Crippen LogP contribution in [-0.2, 0) is 4.79 Å². The molecular formula is C12H23N3OS. The molecule has 0 radical (unpaired) electrons. The van der Waals surface area contributed by atoms with Gasteiger partial charge in [0.1, 0.15) is 0 Å². The molecule has 0 aliphatic carbocycles. The highest BCUT2D eigenvalue weighted by Crippen LogP contribution is 2.20. The van der Waals surface area contributed by atoms with Crippen LogP contribution in [0.15, 0.2) is 0 Å². The quantitative estimate of drug-likeness (QED) is 0.786. The predicted molar refractivity (Wildman–Crippen MR) is 72.4 cm³/mol. The Labute approximate surface area is 108 Å². The first-order valence-electron chi connectivity index (χ1n) is 6.55. The minimum absolute atomic E-state index is 0.250. The van der Waals surface area contributed by atoms with Gasteiger partial charge in [0, 0.05) is 43.7 Å². The average molecular weight is 257 g/mol. The van der Waals surface area contributed by atoms with E-state index in [2.05, 4.69) is 22.0 Å². The van der Waals surface area contributed by atoms with Crippen LogP contribution in [-0.4, -0.2) is 73.0 Å². The summed E-state index contributed by atoms with van der Waals surface area (Å²) in [5, 5.41) is 2.93. The fourth-order valence-corrected chi connectivity index (χ4v) is 3.62. The summed E-state index contributed by atoms with van der Waals surface area (Å²) < 4.78 is 0. The van der Waals surface area contributed by atoms with Crippen molar-refractivity contribution in [3.63, 3.8) is 0 Å². The summed E-state index contributed by atoms with van der Waals surface area (Å²) in [4.78, 5) is 16.4. The van der Waals surface area contributed by atoms with Crippen molar-refractivity contribution in [1.82, 2.24) is 15.1 Å². The van der Waals surface area contributed by atoms with Gasteiger partial charge in [0.15, 0.2) is 0 Å². The molecular weight excluding hydrogens is 234 g/mol. The van der Waals surface area contributed by atoms with E-state index in [1.165, 1.54) is 24.6 Å². The highest BCUT2D eigenvalue weighted by Gasteiger charge is 2.27. The number of carbonyl (C=O) groups excluding carboxylic acids is 1. The van der Waals surface area contributed by atoms with Crippen LogP contribution in [0.25, 0.3) is 0 Å². The third-order valence-corrected chi connectivity index (χ3v) is 4.65. The Morgan fingerprint density at radius 3 is 2.47 bits per heavy atom. The van der Waals surface area contributed by atoms with Crippen molar-refractivity contribution in [2.75, 3.05) is 51.3 Å². The number of carbonyl (C=O) groups is 1. The summed E-state index contributed by atoms with van der Waals surface area (Å²) in [5.41, 5.74) is 0. The van der Waals surface area contributed by atoms with Crippen LogP contribution < -0.4 is 5.32 Å². The molecule has 5 heteroatoms. The molecule has 0 atom stereocenters. The molecule has 0 aromatic heterocycles. The van der Waals surface area contributed by atoms with E-state index >= 15 is 0 Å². The summed E-state index contributed by atoms with van der Waals surface area (Å²) in [7, 11) is 1.83. The fraction of sp³-hybridized carbons (Fsp3) is 0.917. The second kappa shape index (κ2) is 6.61. The molecule has 0 saturated carbocycles. The number of amides is 1. The third-order valence-electron chi connectivity index (χ3n) is 3.71. The lowest BCUT2D eigenvalue weighted by Gasteiger charge is -2.40. The van der Waals surface area contributed by atoms with E-state index in [1.54, 1.807) is 0 Å². The molecule has 2 saturated heterocycles. The standard InChI is InChI=1S/C12H23N3OS/c1-13-10-12(16)15-4-2-11(3-5-15)14-6-8-17-9-7-14/h11,13H,2-10H2,1H3. The van der Waals surface area contributed by atoms with Gasteiger partial charge >= 0.3 is 0 Å². The number of piperidine rings is 1. The average Bonchev–Trinajstić information content (AvgIpc) is 2.40. The van der Waals surface area contributed by atoms with Crippen molar-refractivity contribution in [2.24, 2.45) is 0 Å². The lowest BCUT2D eigenvalue weighted by molar-refractivity contribution is -0.131. The van der Waals surface area contributed by atoms with Crippen molar-refractivity contribution in [3.8, 4) is 0 Å². The molecule has 17 heavy (non-hydrogen) atoms. The first kappa shape index (κ1) is 13.2. The second-order valence-electron chi connectivity index (χ2n) is 4.79. The zero-order chi connectivity index (χ0) is 12.1. The molecule has 0 aromatic carbocycles. The molecule has 2 fully saturated rings. The summed E-state index contributed by atoms with van der Waals surface area (Å²) in [5.74, 6) is 2.80. The van der Waals surface area contributed by atoms with E-state index in [0.29, 0.717) is 6.54 Å². The van der Waals surface area contributed by atoms with Crippen LogP contribution in [0.3, 0.4) is 0 Å². The van der Waals surface area contributed by atoms with Gasteiger partial charge in [-0.25, -0.2) is 0 Å². The van der Waals surface area contributed by atoms with Crippen LogP contribution in [0.5, 0.6) is 0 Å². The Balaban J connectivity index is 1.75. The van der Waals surface area contributed by atoms with Crippen molar-refractivity contribution in [1.29, 1.82) is 0 Å². The zero-order valence-corrected chi connectivity index (χ0v) is 11.5. The number of hydrogen-bond acceptors (Lipinski definition) is 4. The molecule has 2 aliphatic heterocycles. The van der Waals surface area contributed by atoms with Crippen LogP contribution >= 0.6 is 11.8 Å². The predicted octanol–water partition coefficient (Wildman–Crippen LogP) is 0.246. The molecule has 1 amide bonds. The van der Waals surface area contributed by atoms with Crippen LogP contribution in [0.2, 0.25) is 0 Å². The number of hydrogen-bond donors (Lipinski definition) is 1. The zero-order valence-electron chi connectivity index (χ0n) is 10.7. The molecule has 1 N–H and O–H groups in total. The van der Waals surface area contributed by atoms with Crippen LogP contribution in [0.1, 0.15) is 12.8 Å². The lowest BCUT2D eigenvalue weighted by atomic mass is 10.0. The summed E-state index contributed by atoms with van der Waals surface area (Å²) in [6.45, 7) is 4.83. The van der Waals surface area contributed by atoms with Gasteiger partial charge < -0.3 is 10.2 Å². The molecule has 0 aromatic rings. The number of thioether (sulfide) groups is 1. The molecule has 0 bridgehead atoms. The molecule has 98 valence electrons. The van der Waals surface area contributed by atoms with E-state index in [1.807, 2.05) is 11.9 Å². The Morgan fingerprint density at radius 1 is 1.24 bits per heavy atom. The van der Waals surface area contributed by atoms with Gasteiger partial charge in [-0.05, 0) is 19.9 Å². The van der Waals surface area contributed by atoms with Crippen LogP contribution in [0, 0.1) is 0 Å². The number of likely N-dealkylation sites (tertiary alicyclic amines) is 1. The smallest absolute Gasteiger partial charge is 0.236 e. The summed E-state index contributed by atoms with van der Waals surface area (Å²) in [6, 6.07) is 0.717. The Bertz CT molecular complexity index is 248. The largest absolute Gasteiger partial charge is 0.341 e. The first-order chi connectivity index (χ1) is 8.31. The second-order valence-corrected chi connectivity index (χ2v) is 6.02. The van der Waals surface area contributed by atoms with E-state index < -0.39 is 0 Å². The Morgan fingerprint density at radius 2 is 1.88 bits per heavy atom. The molecule has 0 spiro atoms. The van der Waals surface area contributed by atoms with Crippen molar-refractivity contribution < 1.29 is 4.79 Å². The number of likely N-dealkylation sites (N-methyl/N-ethyl adjacent to an activating group) is 1. The van der Waals surface area contributed by atoms with E-state index in [9.17, 15) is 4.79 Å². The lowest BCUT2D eigenvalue weighted by Crippen LogP contribution is -2.50. The van der Waals surface area contributed by atoms with Gasteiger partial charge in [0.05, 0.1) is 6.54 Å². The van der Waals surface area contributed by atoms with Crippen molar-refractivity contribution >= 4 is 17.7 Å². The Kier molecular flexibility index (Phi) is 5.13. The maximum Gasteiger partial charge on any atom is 0.236 e. The normalized spacial score (nSPS) is 23.9. The first-order valence-corrected chi connectivity index (χ1v) is 7.71. The topological polar surface area (TPSA) is 35.6 Å². The van der Waals surface area contributed by atoms with Gasteiger partial charge in [0.25, 0.3) is 0 Å². The fourth-order valence-electron chi connectivity index (χ4n) is 2.69. The number of nitrogens with zero attached hydrogens (tertiary/aromatic N) is 2. The van der Waals surface area contributed by atoms with E-state index in [4.69, 9.17) is 0 Å². The Hall–Kier alpha value is -0.260. The van der Waals surface area contributed by atoms with Gasteiger partial charge in [-0.2, -0.15) is 11.8 Å². The number of rotatable bonds is 3. The van der Waals surface area contributed by atoms with Gasteiger partial charge in [-0.3, -0.25) is 9.69 Å². The SMILES string of the molecule is CNCC(=O)N1CCC(N2CCSCC2)CC1.